The first-order chi connectivity index (χ1) is 9.38. The second-order valence-electron chi connectivity index (χ2n) is 5.18. The number of halogens is 3. The Balaban J connectivity index is 2.56. The molecule has 2 nitrogen and oxygen atoms in total. The summed E-state index contributed by atoms with van der Waals surface area (Å²) in [6.07, 6.45) is 1.16. The van der Waals surface area contributed by atoms with Crippen LogP contribution in [0.3, 0.4) is 0 Å². The third-order valence-electron chi connectivity index (χ3n) is 3.79. The van der Waals surface area contributed by atoms with Crippen LogP contribution in [0.1, 0.15) is 38.8 Å². The largest absolute Gasteiger partial charge is 0.309 e. The molecule has 0 aliphatic carbocycles. The van der Waals surface area contributed by atoms with Gasteiger partial charge in [0.2, 0.25) is 0 Å². The lowest BCUT2D eigenvalue weighted by atomic mass is 10.1. The predicted molar refractivity (Wildman–Crippen MR) is 90.3 cm³/mol. The molecule has 0 saturated heterocycles. The fourth-order valence-corrected chi connectivity index (χ4v) is 2.68. The van der Waals surface area contributed by atoms with Gasteiger partial charge in [-0.05, 0) is 38.9 Å². The second-order valence-corrected chi connectivity index (χ2v) is 6.34. The molecule has 2 unspecified atom stereocenters. The van der Waals surface area contributed by atoms with Crippen molar-refractivity contribution in [2.24, 2.45) is 0 Å². The van der Waals surface area contributed by atoms with Crippen LogP contribution >= 0.6 is 34.8 Å². The van der Waals surface area contributed by atoms with Gasteiger partial charge in [-0.3, -0.25) is 0 Å². The quantitative estimate of drug-likeness (QED) is 0.702. The Hall–Kier alpha value is 0.01000. The summed E-state index contributed by atoms with van der Waals surface area (Å²) in [7, 11) is 2.15. The van der Waals surface area contributed by atoms with Gasteiger partial charge in [0, 0.05) is 25.2 Å². The highest BCUT2D eigenvalue weighted by atomic mass is 35.5. The van der Waals surface area contributed by atoms with Crippen LogP contribution in [0.15, 0.2) is 12.1 Å². The first-order valence-corrected chi connectivity index (χ1v) is 8.08. The zero-order valence-electron chi connectivity index (χ0n) is 12.5. The van der Waals surface area contributed by atoms with Crippen LogP contribution in [-0.4, -0.2) is 31.1 Å². The van der Waals surface area contributed by atoms with Crippen LogP contribution in [0.5, 0.6) is 0 Å². The summed E-state index contributed by atoms with van der Waals surface area (Å²) in [6, 6.07) is 4.45. The molecule has 0 aliphatic rings. The highest BCUT2D eigenvalue weighted by Crippen LogP contribution is 2.35. The molecular formula is C15H23Cl3N2. The highest BCUT2D eigenvalue weighted by Gasteiger charge is 2.14. The van der Waals surface area contributed by atoms with Gasteiger partial charge in [-0.15, -0.1) is 0 Å². The van der Waals surface area contributed by atoms with E-state index < -0.39 is 0 Å². The monoisotopic (exact) mass is 336 g/mol. The molecule has 0 radical (unpaired) electrons. The van der Waals surface area contributed by atoms with Gasteiger partial charge in [0.05, 0.1) is 15.1 Å². The van der Waals surface area contributed by atoms with Crippen molar-refractivity contribution in [2.75, 3.05) is 20.1 Å². The first-order valence-electron chi connectivity index (χ1n) is 6.95. The number of hydrogen-bond donors (Lipinski definition) is 1. The van der Waals surface area contributed by atoms with Gasteiger partial charge in [0.25, 0.3) is 0 Å². The average Bonchev–Trinajstić information content (AvgIpc) is 2.43. The van der Waals surface area contributed by atoms with E-state index in [9.17, 15) is 0 Å². The van der Waals surface area contributed by atoms with Gasteiger partial charge in [-0.25, -0.2) is 0 Å². The molecule has 1 rings (SSSR count). The maximum Gasteiger partial charge on any atom is 0.0781 e. The highest BCUT2D eigenvalue weighted by molar-refractivity contribution is 6.48. The van der Waals surface area contributed by atoms with Gasteiger partial charge >= 0.3 is 0 Å². The fourth-order valence-electron chi connectivity index (χ4n) is 1.97. The lowest BCUT2D eigenvalue weighted by molar-refractivity contribution is 0.249. The minimum absolute atomic E-state index is 0.141. The lowest BCUT2D eigenvalue weighted by Gasteiger charge is -2.25. The number of nitrogens with zero attached hydrogens (tertiary/aromatic N) is 1. The zero-order chi connectivity index (χ0) is 15.3. The maximum atomic E-state index is 6.24. The Kier molecular flexibility index (Phi) is 7.63. The summed E-state index contributed by atoms with van der Waals surface area (Å²) in [5, 5.41) is 4.92. The summed E-state index contributed by atoms with van der Waals surface area (Å²) in [4.78, 5) is 2.34. The molecule has 1 N–H and O–H groups in total. The van der Waals surface area contributed by atoms with Crippen molar-refractivity contribution in [1.82, 2.24) is 10.2 Å². The Morgan fingerprint density at radius 2 is 1.80 bits per heavy atom. The van der Waals surface area contributed by atoms with Crippen molar-refractivity contribution < 1.29 is 0 Å². The van der Waals surface area contributed by atoms with Crippen molar-refractivity contribution >= 4 is 34.8 Å². The molecule has 1 aromatic rings. The van der Waals surface area contributed by atoms with Crippen LogP contribution in [0.2, 0.25) is 15.1 Å². The van der Waals surface area contributed by atoms with Crippen molar-refractivity contribution in [3.63, 3.8) is 0 Å². The van der Waals surface area contributed by atoms with Crippen molar-refractivity contribution in [3.8, 4) is 0 Å². The van der Waals surface area contributed by atoms with Gasteiger partial charge in [0.15, 0.2) is 0 Å². The molecule has 0 heterocycles. The minimum Gasteiger partial charge on any atom is -0.309 e. The topological polar surface area (TPSA) is 15.3 Å². The normalized spacial score (nSPS) is 14.6. The molecule has 0 amide bonds. The van der Waals surface area contributed by atoms with Gasteiger partial charge in [-0.1, -0.05) is 47.8 Å². The zero-order valence-corrected chi connectivity index (χ0v) is 14.8. The molecule has 5 heteroatoms. The molecule has 0 aromatic heterocycles. The van der Waals surface area contributed by atoms with Crippen LogP contribution < -0.4 is 5.32 Å². The Labute approximate surface area is 137 Å². The molecule has 0 fully saturated rings. The summed E-state index contributed by atoms with van der Waals surface area (Å²) >= 11 is 18.3. The molecule has 0 bridgehead atoms. The summed E-state index contributed by atoms with van der Waals surface area (Å²) in [5.41, 5.74) is 0.979. The van der Waals surface area contributed by atoms with Gasteiger partial charge < -0.3 is 10.2 Å². The summed E-state index contributed by atoms with van der Waals surface area (Å²) in [6.45, 7) is 8.41. The van der Waals surface area contributed by atoms with E-state index in [0.717, 1.165) is 25.1 Å². The predicted octanol–water partition coefficient (Wildman–Crippen LogP) is 5.03. The SMILES string of the molecule is CCC(C)N(C)CCNC(C)c1ccc(Cl)c(Cl)c1Cl. The minimum atomic E-state index is 0.141. The molecule has 0 saturated carbocycles. The molecule has 20 heavy (non-hydrogen) atoms. The van der Waals surface area contributed by atoms with E-state index in [2.05, 4.69) is 38.0 Å². The Morgan fingerprint density at radius 1 is 1.15 bits per heavy atom. The van der Waals surface area contributed by atoms with E-state index in [4.69, 9.17) is 34.8 Å². The smallest absolute Gasteiger partial charge is 0.0781 e. The average molecular weight is 338 g/mol. The number of likely N-dealkylation sites (N-methyl/N-ethyl adjacent to an activating group) is 1. The summed E-state index contributed by atoms with van der Waals surface area (Å²) < 4.78 is 0. The van der Waals surface area contributed by atoms with Crippen LogP contribution in [0.4, 0.5) is 0 Å². The van der Waals surface area contributed by atoms with Crippen molar-refractivity contribution in [1.29, 1.82) is 0 Å². The van der Waals surface area contributed by atoms with Gasteiger partial charge in [0.1, 0.15) is 0 Å². The van der Waals surface area contributed by atoms with E-state index in [1.165, 1.54) is 0 Å². The van der Waals surface area contributed by atoms with E-state index in [0.29, 0.717) is 21.1 Å². The fraction of sp³-hybridized carbons (Fsp3) is 0.600. The number of hydrogen-bond acceptors (Lipinski definition) is 2. The molecule has 114 valence electrons. The first kappa shape index (κ1) is 18.1. The van der Waals surface area contributed by atoms with Crippen molar-refractivity contribution in [2.45, 2.75) is 39.3 Å². The maximum absolute atomic E-state index is 6.24. The van der Waals surface area contributed by atoms with E-state index >= 15 is 0 Å². The number of benzene rings is 1. The summed E-state index contributed by atoms with van der Waals surface area (Å²) in [5.74, 6) is 0. The number of nitrogens with one attached hydrogen (secondary N) is 1. The molecule has 0 spiro atoms. The third kappa shape index (κ3) is 4.78. The third-order valence-corrected chi connectivity index (χ3v) is 5.10. The Bertz CT molecular complexity index is 437. The van der Waals surface area contributed by atoms with Crippen LogP contribution in [0, 0.1) is 0 Å². The lowest BCUT2D eigenvalue weighted by Crippen LogP contribution is -2.35. The van der Waals surface area contributed by atoms with Crippen LogP contribution in [-0.2, 0) is 0 Å². The van der Waals surface area contributed by atoms with E-state index in [-0.39, 0.29) is 6.04 Å². The molecule has 1 aromatic carbocycles. The standard InChI is InChI=1S/C15H23Cl3N2/c1-5-10(2)20(4)9-8-19-11(3)12-6-7-13(16)15(18)14(12)17/h6-7,10-11,19H,5,8-9H2,1-4H3. The van der Waals surface area contributed by atoms with E-state index in [1.54, 1.807) is 6.07 Å². The van der Waals surface area contributed by atoms with Crippen LogP contribution in [0.25, 0.3) is 0 Å². The number of rotatable bonds is 7. The van der Waals surface area contributed by atoms with Gasteiger partial charge in [-0.2, -0.15) is 0 Å². The van der Waals surface area contributed by atoms with E-state index in [1.807, 2.05) is 6.07 Å². The molecule has 2 atom stereocenters. The molecular weight excluding hydrogens is 315 g/mol. The van der Waals surface area contributed by atoms with Crippen molar-refractivity contribution in [3.05, 3.63) is 32.8 Å². The second kappa shape index (κ2) is 8.45. The Morgan fingerprint density at radius 3 is 2.40 bits per heavy atom. The molecule has 0 aliphatic heterocycles.